The molecule has 2 aliphatic rings. The summed E-state index contributed by atoms with van der Waals surface area (Å²) in [5, 5.41) is 3.78. The number of nitrogens with one attached hydrogen (secondary N) is 1. The second kappa shape index (κ2) is 7.08. The van der Waals surface area contributed by atoms with Crippen LogP contribution in [0, 0.1) is 0 Å². The van der Waals surface area contributed by atoms with E-state index in [4.69, 9.17) is 0 Å². The van der Waals surface area contributed by atoms with Crippen molar-refractivity contribution in [2.45, 2.75) is 63.3 Å². The van der Waals surface area contributed by atoms with E-state index in [-0.39, 0.29) is 0 Å². The number of rotatable bonds is 5. The first-order valence-corrected chi connectivity index (χ1v) is 8.38. The van der Waals surface area contributed by atoms with Gasteiger partial charge in [0, 0.05) is 6.04 Å². The summed E-state index contributed by atoms with van der Waals surface area (Å²) >= 11 is 0. The van der Waals surface area contributed by atoms with Gasteiger partial charge in [-0.05, 0) is 69.4 Å². The molecule has 1 fully saturated rings. The highest BCUT2D eigenvalue weighted by Crippen LogP contribution is 2.32. The Balaban J connectivity index is 1.38. The number of allylic oxidation sites excluding steroid dienone is 1. The van der Waals surface area contributed by atoms with Crippen LogP contribution in [-0.4, -0.2) is 12.6 Å². The van der Waals surface area contributed by atoms with Crippen molar-refractivity contribution in [2.24, 2.45) is 0 Å². The molecule has 1 N–H and O–H groups in total. The number of hydrogen-bond acceptors (Lipinski definition) is 1. The molecule has 0 spiro atoms. The Morgan fingerprint density at radius 3 is 2.50 bits per heavy atom. The third kappa shape index (κ3) is 3.73. The largest absolute Gasteiger partial charge is 0.314 e. The maximum Gasteiger partial charge on any atom is 0.00676 e. The number of hydrogen-bond donors (Lipinski definition) is 1. The molecule has 0 aromatic heterocycles. The molecule has 2 aliphatic carbocycles. The fraction of sp³-hybridized carbons (Fsp3) is 0.579. The van der Waals surface area contributed by atoms with E-state index in [1.54, 1.807) is 11.1 Å². The SMILES string of the molecule is C1=C(CCNC2CCC(c3ccccc3)CC2)CCC1. The van der Waals surface area contributed by atoms with Gasteiger partial charge in [-0.25, -0.2) is 0 Å². The summed E-state index contributed by atoms with van der Waals surface area (Å²) in [6, 6.07) is 11.8. The van der Waals surface area contributed by atoms with Gasteiger partial charge in [-0.15, -0.1) is 0 Å². The van der Waals surface area contributed by atoms with E-state index >= 15 is 0 Å². The average molecular weight is 269 g/mol. The molecule has 1 nitrogen and oxygen atoms in total. The van der Waals surface area contributed by atoms with Crippen molar-refractivity contribution in [3.63, 3.8) is 0 Å². The van der Waals surface area contributed by atoms with Gasteiger partial charge in [0.2, 0.25) is 0 Å². The highest BCUT2D eigenvalue weighted by Gasteiger charge is 2.21. The monoisotopic (exact) mass is 269 g/mol. The minimum absolute atomic E-state index is 0.761. The summed E-state index contributed by atoms with van der Waals surface area (Å²) in [5.74, 6) is 0.798. The van der Waals surface area contributed by atoms with Crippen LogP contribution in [0.1, 0.15) is 62.8 Å². The summed E-state index contributed by atoms with van der Waals surface area (Å²) in [6.07, 6.45) is 13.2. The van der Waals surface area contributed by atoms with E-state index in [1.807, 2.05) is 0 Å². The second-order valence-corrected chi connectivity index (χ2v) is 6.42. The zero-order valence-electron chi connectivity index (χ0n) is 12.5. The quantitative estimate of drug-likeness (QED) is 0.757. The van der Waals surface area contributed by atoms with Gasteiger partial charge in [-0.2, -0.15) is 0 Å². The van der Waals surface area contributed by atoms with Crippen LogP contribution in [0.4, 0.5) is 0 Å². The maximum absolute atomic E-state index is 3.78. The van der Waals surface area contributed by atoms with Gasteiger partial charge in [0.25, 0.3) is 0 Å². The highest BCUT2D eigenvalue weighted by molar-refractivity contribution is 5.20. The molecule has 1 aromatic carbocycles. The van der Waals surface area contributed by atoms with Crippen LogP contribution in [0.3, 0.4) is 0 Å². The molecule has 3 rings (SSSR count). The Morgan fingerprint density at radius 1 is 1.00 bits per heavy atom. The molecule has 0 aliphatic heterocycles. The summed E-state index contributed by atoms with van der Waals surface area (Å²) < 4.78 is 0. The first-order valence-electron chi connectivity index (χ1n) is 8.38. The van der Waals surface area contributed by atoms with Crippen LogP contribution < -0.4 is 5.32 Å². The standard InChI is InChI=1S/C19H27N/c1-2-8-17(9-3-1)18-10-12-19(13-11-18)20-15-14-16-6-4-5-7-16/h1-3,6,8-9,18-20H,4-5,7,10-15H2. The topological polar surface area (TPSA) is 12.0 Å². The van der Waals surface area contributed by atoms with E-state index in [0.717, 1.165) is 12.0 Å². The predicted octanol–water partition coefficient (Wildman–Crippen LogP) is 4.80. The van der Waals surface area contributed by atoms with Crippen molar-refractivity contribution in [2.75, 3.05) is 6.54 Å². The van der Waals surface area contributed by atoms with Crippen LogP contribution in [0.25, 0.3) is 0 Å². The summed E-state index contributed by atoms with van der Waals surface area (Å²) in [7, 11) is 0. The zero-order chi connectivity index (χ0) is 13.6. The summed E-state index contributed by atoms with van der Waals surface area (Å²) in [4.78, 5) is 0. The Bertz CT molecular complexity index is 426. The van der Waals surface area contributed by atoms with Gasteiger partial charge in [0.15, 0.2) is 0 Å². The van der Waals surface area contributed by atoms with E-state index in [1.165, 1.54) is 57.9 Å². The normalized spacial score (nSPS) is 26.5. The van der Waals surface area contributed by atoms with Gasteiger partial charge in [-0.1, -0.05) is 42.0 Å². The smallest absolute Gasteiger partial charge is 0.00676 e. The minimum atomic E-state index is 0.761. The number of benzene rings is 1. The van der Waals surface area contributed by atoms with Crippen molar-refractivity contribution in [3.8, 4) is 0 Å². The molecule has 1 heteroatoms. The maximum atomic E-state index is 3.78. The van der Waals surface area contributed by atoms with Crippen LogP contribution in [0.15, 0.2) is 42.0 Å². The molecular weight excluding hydrogens is 242 g/mol. The van der Waals surface area contributed by atoms with Crippen LogP contribution in [0.2, 0.25) is 0 Å². The van der Waals surface area contributed by atoms with E-state index in [0.29, 0.717) is 0 Å². The Labute approximate surface area is 123 Å². The lowest BCUT2D eigenvalue weighted by atomic mass is 9.82. The molecule has 0 amide bonds. The molecule has 20 heavy (non-hydrogen) atoms. The van der Waals surface area contributed by atoms with Crippen LogP contribution in [-0.2, 0) is 0 Å². The first kappa shape index (κ1) is 13.9. The lowest BCUT2D eigenvalue weighted by Gasteiger charge is -2.29. The Hall–Kier alpha value is -1.08. The highest BCUT2D eigenvalue weighted by atomic mass is 14.9. The fourth-order valence-corrected chi connectivity index (χ4v) is 3.76. The minimum Gasteiger partial charge on any atom is -0.314 e. The van der Waals surface area contributed by atoms with E-state index in [2.05, 4.69) is 41.7 Å². The molecule has 0 saturated heterocycles. The third-order valence-corrected chi connectivity index (χ3v) is 5.01. The Kier molecular flexibility index (Phi) is 4.91. The van der Waals surface area contributed by atoms with Crippen molar-refractivity contribution in [1.29, 1.82) is 0 Å². The van der Waals surface area contributed by atoms with E-state index < -0.39 is 0 Å². The zero-order valence-corrected chi connectivity index (χ0v) is 12.5. The second-order valence-electron chi connectivity index (χ2n) is 6.42. The first-order chi connectivity index (χ1) is 9.92. The van der Waals surface area contributed by atoms with Gasteiger partial charge in [0.05, 0.1) is 0 Å². The van der Waals surface area contributed by atoms with Gasteiger partial charge >= 0.3 is 0 Å². The lowest BCUT2D eigenvalue weighted by molar-refractivity contribution is 0.344. The molecule has 0 heterocycles. The lowest BCUT2D eigenvalue weighted by Crippen LogP contribution is -2.33. The van der Waals surface area contributed by atoms with E-state index in [9.17, 15) is 0 Å². The Morgan fingerprint density at radius 2 is 1.80 bits per heavy atom. The van der Waals surface area contributed by atoms with Gasteiger partial charge in [-0.3, -0.25) is 0 Å². The third-order valence-electron chi connectivity index (χ3n) is 5.01. The molecule has 1 aromatic rings. The van der Waals surface area contributed by atoms with Gasteiger partial charge in [0.1, 0.15) is 0 Å². The van der Waals surface area contributed by atoms with Crippen LogP contribution >= 0.6 is 0 Å². The van der Waals surface area contributed by atoms with Gasteiger partial charge < -0.3 is 5.32 Å². The van der Waals surface area contributed by atoms with Crippen LogP contribution in [0.5, 0.6) is 0 Å². The van der Waals surface area contributed by atoms with Crippen molar-refractivity contribution >= 4 is 0 Å². The molecule has 0 unspecified atom stereocenters. The van der Waals surface area contributed by atoms with Crippen molar-refractivity contribution in [3.05, 3.63) is 47.5 Å². The molecular formula is C19H27N. The fourth-order valence-electron chi connectivity index (χ4n) is 3.76. The predicted molar refractivity (Wildman–Crippen MR) is 86.0 cm³/mol. The molecule has 1 saturated carbocycles. The molecule has 108 valence electrons. The molecule has 0 bridgehead atoms. The van der Waals surface area contributed by atoms with Crippen molar-refractivity contribution < 1.29 is 0 Å². The molecule has 0 atom stereocenters. The molecule has 0 radical (unpaired) electrons. The summed E-state index contributed by atoms with van der Waals surface area (Å²) in [6.45, 7) is 1.19. The van der Waals surface area contributed by atoms with Crippen molar-refractivity contribution in [1.82, 2.24) is 5.32 Å². The summed E-state index contributed by atoms with van der Waals surface area (Å²) in [5.41, 5.74) is 3.23. The average Bonchev–Trinajstić information content (AvgIpc) is 3.02.